The molecule has 1 fully saturated rings. The monoisotopic (exact) mass is 408 g/mol. The molecule has 0 bridgehead atoms. The third-order valence-electron chi connectivity index (χ3n) is 6.06. The van der Waals surface area contributed by atoms with E-state index in [-0.39, 0.29) is 11.0 Å². The maximum atomic E-state index is 13.4. The second-order valence-corrected chi connectivity index (χ2v) is 9.48. The Balaban J connectivity index is 1.74. The molecular formula is C22H30F2N2OS. The van der Waals surface area contributed by atoms with E-state index in [4.69, 9.17) is 4.74 Å². The van der Waals surface area contributed by atoms with Gasteiger partial charge in [0.25, 0.3) is 0 Å². The van der Waals surface area contributed by atoms with E-state index < -0.39 is 10.9 Å². The zero-order chi connectivity index (χ0) is 20.4. The lowest BCUT2D eigenvalue weighted by Crippen LogP contribution is -2.42. The standard InChI is InChI=1S/C22H30F2N2OS/c1-5-27-15-22(9-8-18-12-19(23)20(24)28-18)10-11-26(14-22)21(3,4)17-7-6-16(2)25-13-17/h6-7,12-13H,5,8-11,14-15H2,1-4H3/t22-/m1/s1. The van der Waals surface area contributed by atoms with Gasteiger partial charge in [-0.1, -0.05) is 6.07 Å². The molecule has 28 heavy (non-hydrogen) atoms. The molecule has 3 nitrogen and oxygen atoms in total. The second-order valence-electron chi connectivity index (χ2n) is 8.39. The van der Waals surface area contributed by atoms with E-state index >= 15 is 0 Å². The Morgan fingerprint density at radius 2 is 2.11 bits per heavy atom. The summed E-state index contributed by atoms with van der Waals surface area (Å²) in [5.74, 6) is -0.736. The number of likely N-dealkylation sites (tertiary alicyclic amines) is 1. The molecule has 0 spiro atoms. The number of hydrogen-bond acceptors (Lipinski definition) is 4. The van der Waals surface area contributed by atoms with Crippen molar-refractivity contribution in [2.75, 3.05) is 26.3 Å². The predicted molar refractivity (Wildman–Crippen MR) is 110 cm³/mol. The van der Waals surface area contributed by atoms with Gasteiger partial charge >= 0.3 is 0 Å². The minimum absolute atomic E-state index is 0.00233. The van der Waals surface area contributed by atoms with E-state index in [1.807, 2.05) is 20.0 Å². The van der Waals surface area contributed by atoms with Crippen LogP contribution in [0, 0.1) is 23.3 Å². The molecule has 1 aliphatic heterocycles. The van der Waals surface area contributed by atoms with Crippen LogP contribution in [0.4, 0.5) is 8.78 Å². The first-order chi connectivity index (χ1) is 13.3. The van der Waals surface area contributed by atoms with Gasteiger partial charge in [-0.25, -0.2) is 4.39 Å². The number of hydrogen-bond donors (Lipinski definition) is 0. The van der Waals surface area contributed by atoms with Crippen molar-refractivity contribution in [1.82, 2.24) is 9.88 Å². The molecule has 0 radical (unpaired) electrons. The summed E-state index contributed by atoms with van der Waals surface area (Å²) < 4.78 is 32.6. The number of ether oxygens (including phenoxy) is 1. The van der Waals surface area contributed by atoms with E-state index in [0.717, 1.165) is 47.8 Å². The quantitative estimate of drug-likeness (QED) is 0.591. The molecular weight excluding hydrogens is 378 g/mol. The first kappa shape index (κ1) is 21.3. The highest BCUT2D eigenvalue weighted by Crippen LogP contribution is 2.42. The Morgan fingerprint density at radius 1 is 1.32 bits per heavy atom. The van der Waals surface area contributed by atoms with Crippen LogP contribution in [0.1, 0.15) is 49.7 Å². The molecule has 154 valence electrons. The lowest BCUT2D eigenvalue weighted by atomic mass is 9.82. The van der Waals surface area contributed by atoms with Crippen molar-refractivity contribution in [2.24, 2.45) is 5.41 Å². The van der Waals surface area contributed by atoms with E-state index in [9.17, 15) is 8.78 Å². The molecule has 0 saturated carbocycles. The van der Waals surface area contributed by atoms with Crippen LogP contribution in [0.3, 0.4) is 0 Å². The minimum Gasteiger partial charge on any atom is -0.381 e. The molecule has 0 N–H and O–H groups in total. The highest BCUT2D eigenvalue weighted by molar-refractivity contribution is 7.10. The highest BCUT2D eigenvalue weighted by atomic mass is 32.1. The van der Waals surface area contributed by atoms with Crippen LogP contribution < -0.4 is 0 Å². The van der Waals surface area contributed by atoms with Crippen molar-refractivity contribution in [1.29, 1.82) is 0 Å². The maximum absolute atomic E-state index is 13.4. The van der Waals surface area contributed by atoms with Gasteiger partial charge in [0.2, 0.25) is 5.13 Å². The van der Waals surface area contributed by atoms with Gasteiger partial charge in [-0.05, 0) is 71.2 Å². The van der Waals surface area contributed by atoms with E-state index in [1.54, 1.807) is 0 Å². The Bertz CT molecular complexity index is 771. The minimum atomic E-state index is -0.736. The Hall–Kier alpha value is -1.37. The van der Waals surface area contributed by atoms with E-state index in [2.05, 4.69) is 35.9 Å². The van der Waals surface area contributed by atoms with Crippen LogP contribution >= 0.6 is 11.3 Å². The van der Waals surface area contributed by atoms with Gasteiger partial charge < -0.3 is 4.74 Å². The number of aryl methyl sites for hydroxylation is 2. The van der Waals surface area contributed by atoms with Crippen LogP contribution in [0.5, 0.6) is 0 Å². The molecule has 1 atom stereocenters. The summed E-state index contributed by atoms with van der Waals surface area (Å²) in [5, 5.41) is -0.713. The second kappa shape index (κ2) is 8.56. The molecule has 0 aromatic carbocycles. The fourth-order valence-electron chi connectivity index (χ4n) is 4.04. The average molecular weight is 409 g/mol. The van der Waals surface area contributed by atoms with Crippen LogP contribution in [-0.2, 0) is 16.7 Å². The van der Waals surface area contributed by atoms with Gasteiger partial charge in [-0.15, -0.1) is 11.3 Å². The first-order valence-corrected chi connectivity index (χ1v) is 10.8. The smallest absolute Gasteiger partial charge is 0.212 e. The normalized spacial score (nSPS) is 20.8. The number of nitrogens with zero attached hydrogens (tertiary/aromatic N) is 2. The molecule has 0 unspecified atom stereocenters. The SMILES string of the molecule is CCOC[C@]1(CCc2cc(F)c(F)s2)CCN(C(C)(C)c2ccc(C)nc2)C1. The van der Waals surface area contributed by atoms with Crippen LogP contribution in [0.15, 0.2) is 24.4 Å². The summed E-state index contributed by atoms with van der Waals surface area (Å²) in [5.41, 5.74) is 2.09. The van der Waals surface area contributed by atoms with Crippen LogP contribution in [0.25, 0.3) is 0 Å². The van der Waals surface area contributed by atoms with Crippen molar-refractivity contribution >= 4 is 11.3 Å². The van der Waals surface area contributed by atoms with Crippen molar-refractivity contribution < 1.29 is 13.5 Å². The van der Waals surface area contributed by atoms with E-state index in [0.29, 0.717) is 19.6 Å². The fourth-order valence-corrected chi connectivity index (χ4v) is 4.79. The average Bonchev–Trinajstić information content (AvgIpc) is 3.23. The molecule has 6 heteroatoms. The van der Waals surface area contributed by atoms with Gasteiger partial charge in [0.1, 0.15) is 0 Å². The summed E-state index contributed by atoms with van der Waals surface area (Å²) >= 11 is 0.920. The maximum Gasteiger partial charge on any atom is 0.212 e. The number of pyridine rings is 1. The van der Waals surface area contributed by atoms with Crippen molar-refractivity contribution in [3.8, 4) is 0 Å². The van der Waals surface area contributed by atoms with Gasteiger partial charge in [-0.2, -0.15) is 4.39 Å². The Labute approximate surface area is 170 Å². The van der Waals surface area contributed by atoms with Crippen molar-refractivity contribution in [2.45, 2.75) is 52.5 Å². The van der Waals surface area contributed by atoms with Gasteiger partial charge in [0.15, 0.2) is 5.82 Å². The summed E-state index contributed by atoms with van der Waals surface area (Å²) in [6, 6.07) is 5.55. The van der Waals surface area contributed by atoms with E-state index in [1.165, 1.54) is 11.6 Å². The Morgan fingerprint density at radius 3 is 2.71 bits per heavy atom. The van der Waals surface area contributed by atoms with Crippen molar-refractivity contribution in [3.63, 3.8) is 0 Å². The predicted octanol–water partition coefficient (Wildman–Crippen LogP) is 5.33. The summed E-state index contributed by atoms with van der Waals surface area (Å²) in [4.78, 5) is 7.73. The molecule has 1 saturated heterocycles. The molecule has 1 aliphatic rings. The Kier molecular flexibility index (Phi) is 6.52. The molecule has 0 amide bonds. The van der Waals surface area contributed by atoms with Crippen molar-refractivity contribution in [3.05, 3.63) is 51.5 Å². The lowest BCUT2D eigenvalue weighted by molar-refractivity contribution is 0.0386. The first-order valence-electron chi connectivity index (χ1n) is 9.95. The fraction of sp³-hybridized carbons (Fsp3) is 0.591. The summed E-state index contributed by atoms with van der Waals surface area (Å²) in [6.45, 7) is 11.7. The molecule has 3 heterocycles. The zero-order valence-electron chi connectivity index (χ0n) is 17.2. The summed E-state index contributed by atoms with van der Waals surface area (Å²) in [7, 11) is 0. The summed E-state index contributed by atoms with van der Waals surface area (Å²) in [6.07, 6.45) is 4.53. The van der Waals surface area contributed by atoms with Crippen LogP contribution in [-0.4, -0.2) is 36.2 Å². The number of rotatable bonds is 8. The van der Waals surface area contributed by atoms with Gasteiger partial charge in [-0.3, -0.25) is 9.88 Å². The number of aromatic nitrogens is 1. The third kappa shape index (κ3) is 4.61. The molecule has 0 aliphatic carbocycles. The number of thiophene rings is 1. The third-order valence-corrected chi connectivity index (χ3v) is 7.02. The van der Waals surface area contributed by atoms with Crippen LogP contribution in [0.2, 0.25) is 0 Å². The lowest BCUT2D eigenvalue weighted by Gasteiger charge is -2.38. The number of halogens is 2. The largest absolute Gasteiger partial charge is 0.381 e. The van der Waals surface area contributed by atoms with Gasteiger partial charge in [0, 0.05) is 40.9 Å². The molecule has 2 aromatic heterocycles. The topological polar surface area (TPSA) is 25.4 Å². The molecule has 3 rings (SSSR count). The van der Waals surface area contributed by atoms with Gasteiger partial charge in [0.05, 0.1) is 6.61 Å². The highest BCUT2D eigenvalue weighted by Gasteiger charge is 2.43. The molecule has 2 aromatic rings. The zero-order valence-corrected chi connectivity index (χ0v) is 18.0.